The van der Waals surface area contributed by atoms with E-state index in [2.05, 4.69) is 6.58 Å². The van der Waals surface area contributed by atoms with Gasteiger partial charge in [-0.1, -0.05) is 37.1 Å². The molecule has 22 atom stereocenters. The van der Waals surface area contributed by atoms with E-state index in [0.29, 0.717) is 30.4 Å². The van der Waals surface area contributed by atoms with Crippen LogP contribution in [-0.2, 0) is 34.8 Å². The molecule has 21 heteroatoms. The Bertz CT molecular complexity index is 1730. The fourth-order valence-corrected chi connectivity index (χ4v) is 9.01. The van der Waals surface area contributed by atoms with Crippen molar-refractivity contribution in [3.63, 3.8) is 0 Å². The molecular formula is C43H66O21. The van der Waals surface area contributed by atoms with Crippen molar-refractivity contribution in [2.45, 2.75) is 182 Å². The first kappa shape index (κ1) is 50.9. The number of aryl methyl sites for hydroxylation is 1. The molecule has 0 unspecified atom stereocenters. The van der Waals surface area contributed by atoms with E-state index in [9.17, 15) is 66.4 Å². The smallest absolute Gasteiger partial charge is 0.229 e. The third-order valence-corrected chi connectivity index (χ3v) is 12.8. The first-order valence-electron chi connectivity index (χ1n) is 21.7. The molecule has 0 bridgehead atoms. The maximum atomic E-state index is 11.8. The Balaban J connectivity index is 1.40. The molecule has 5 aliphatic rings. The van der Waals surface area contributed by atoms with Gasteiger partial charge >= 0.3 is 0 Å². The van der Waals surface area contributed by atoms with Crippen molar-refractivity contribution >= 4 is 0 Å². The van der Waals surface area contributed by atoms with Gasteiger partial charge in [0.1, 0.15) is 103 Å². The van der Waals surface area contributed by atoms with E-state index in [-0.39, 0.29) is 17.4 Å². The van der Waals surface area contributed by atoms with Crippen LogP contribution in [0, 0.1) is 5.92 Å². The Labute approximate surface area is 370 Å². The summed E-state index contributed by atoms with van der Waals surface area (Å²) in [6.07, 6.45) is -28.7. The second kappa shape index (κ2) is 21.7. The van der Waals surface area contributed by atoms with Gasteiger partial charge in [-0.15, -0.1) is 0 Å². The number of hydrogen-bond donors (Lipinski definition) is 13. The van der Waals surface area contributed by atoms with Gasteiger partial charge in [-0.25, -0.2) is 0 Å². The lowest BCUT2D eigenvalue weighted by Gasteiger charge is -2.46. The van der Waals surface area contributed by atoms with Gasteiger partial charge < -0.3 is 104 Å². The lowest BCUT2D eigenvalue weighted by atomic mass is 9.73. The average molecular weight is 919 g/mol. The summed E-state index contributed by atoms with van der Waals surface area (Å²) in [5, 5.41) is 139. The summed E-state index contributed by atoms with van der Waals surface area (Å²) in [4.78, 5) is 0. The molecule has 0 spiro atoms. The van der Waals surface area contributed by atoms with Gasteiger partial charge in [0.15, 0.2) is 12.6 Å². The van der Waals surface area contributed by atoms with Gasteiger partial charge in [0.05, 0.1) is 25.9 Å². The molecule has 4 heterocycles. The van der Waals surface area contributed by atoms with Crippen LogP contribution in [0.2, 0.25) is 0 Å². The molecule has 64 heavy (non-hydrogen) atoms. The van der Waals surface area contributed by atoms with Crippen LogP contribution in [0.1, 0.15) is 64.0 Å². The maximum absolute atomic E-state index is 11.8. The highest BCUT2D eigenvalue weighted by Gasteiger charge is 2.53. The summed E-state index contributed by atoms with van der Waals surface area (Å²) in [7, 11) is 0. The highest BCUT2D eigenvalue weighted by molar-refractivity contribution is 5.53. The number of hydrogen-bond acceptors (Lipinski definition) is 21. The summed E-state index contributed by atoms with van der Waals surface area (Å²) < 4.78 is 47.7. The van der Waals surface area contributed by atoms with Crippen molar-refractivity contribution < 1.29 is 104 Å². The van der Waals surface area contributed by atoms with Crippen LogP contribution in [0.5, 0.6) is 11.5 Å². The summed E-state index contributed by atoms with van der Waals surface area (Å²) in [6, 6.07) is 3.38. The third-order valence-electron chi connectivity index (χ3n) is 12.8. The van der Waals surface area contributed by atoms with Crippen molar-refractivity contribution in [3.8, 4) is 11.5 Å². The van der Waals surface area contributed by atoms with Gasteiger partial charge in [0.2, 0.25) is 12.6 Å². The van der Waals surface area contributed by atoms with Crippen LogP contribution in [0.15, 0.2) is 35.9 Å². The van der Waals surface area contributed by atoms with Gasteiger partial charge in [0, 0.05) is 11.5 Å². The highest BCUT2D eigenvalue weighted by Crippen LogP contribution is 2.49. The molecule has 6 rings (SSSR count). The molecule has 364 valence electrons. The summed E-state index contributed by atoms with van der Waals surface area (Å²) in [6.45, 7) is 9.04. The molecule has 13 N–H and O–H groups in total. The van der Waals surface area contributed by atoms with E-state index in [1.54, 1.807) is 12.1 Å². The van der Waals surface area contributed by atoms with Crippen molar-refractivity contribution in [2.75, 3.05) is 19.8 Å². The molecular weight excluding hydrogens is 852 g/mol. The predicted octanol–water partition coefficient (Wildman–Crippen LogP) is -3.31. The lowest BCUT2D eigenvalue weighted by molar-refractivity contribution is -0.353. The fourth-order valence-electron chi connectivity index (χ4n) is 9.01. The van der Waals surface area contributed by atoms with E-state index in [4.69, 9.17) is 37.9 Å². The SMILES string of the molecule is C=C(C)[C@@H]1CCC(C)=C[C@H]1c1c(O[C@@H]2O[C@H](CO)[C@@H](O)[C@H](O[C@@H]3O[C@H](C)[C@@H](O)[C@H](O)[C@H]3O)[C@H]2O)cc(CCC)cc1O[C@@H]1O[C@H](CO)[C@@H](O)[C@H](O[C@H]2O[C@H](CO)[C@@H](O)[C@H](O)[C@H]2O)[C@H]1O. The normalized spacial score (nSPS) is 44.2. The van der Waals surface area contributed by atoms with Gasteiger partial charge in [0.25, 0.3) is 0 Å². The third kappa shape index (κ3) is 10.5. The molecule has 4 saturated heterocycles. The highest BCUT2D eigenvalue weighted by atomic mass is 16.8. The van der Waals surface area contributed by atoms with Crippen LogP contribution in [0.3, 0.4) is 0 Å². The van der Waals surface area contributed by atoms with Crippen molar-refractivity contribution in [2.24, 2.45) is 5.92 Å². The van der Waals surface area contributed by atoms with Crippen molar-refractivity contribution in [1.82, 2.24) is 0 Å². The standard InChI is InChI=1S/C43H66O21/c1-6-7-19-11-22(58-42-36(55)38(30(49)25(14-45)61-42)63-40-34(53)32(51)28(47)18(5)57-40)27(21-10-17(4)8-9-20(21)16(2)3)23(12-19)59-43-37(56)39(31(50)26(15-46)62-43)64-41-35(54)33(52)29(48)24(13-44)60-41/h10-12,18,20-21,24-26,28-56H,2,6-9,13-15H2,1,3-5H3/t18-,20+,21-,24-,25-,26-,28-,29-,30-,31-,32+,33+,34-,35-,36-,37-,38+,39+,40+,41-,42-,43-/m1/s1. The van der Waals surface area contributed by atoms with E-state index in [1.807, 2.05) is 26.8 Å². The van der Waals surface area contributed by atoms with Crippen LogP contribution in [0.4, 0.5) is 0 Å². The topological polar surface area (TPSA) is 337 Å². The number of ether oxygens (including phenoxy) is 8. The fraction of sp³-hybridized carbons (Fsp3) is 0.767. The minimum absolute atomic E-state index is 0.0731. The van der Waals surface area contributed by atoms with E-state index in [1.165, 1.54) is 6.92 Å². The molecule has 1 aromatic carbocycles. The minimum Gasteiger partial charge on any atom is -0.462 e. The maximum Gasteiger partial charge on any atom is 0.229 e. The first-order chi connectivity index (χ1) is 30.3. The lowest BCUT2D eigenvalue weighted by Crippen LogP contribution is -2.65. The molecule has 0 aromatic heterocycles. The molecule has 0 amide bonds. The number of aliphatic hydroxyl groups is 13. The van der Waals surface area contributed by atoms with E-state index >= 15 is 0 Å². The molecule has 21 nitrogen and oxygen atoms in total. The molecule has 4 aliphatic heterocycles. The van der Waals surface area contributed by atoms with Crippen molar-refractivity contribution in [3.05, 3.63) is 47.1 Å². The number of allylic oxidation sites excluding steroid dienone is 3. The Morgan fingerprint density at radius 2 is 1.08 bits per heavy atom. The Morgan fingerprint density at radius 1 is 0.625 bits per heavy atom. The molecule has 0 radical (unpaired) electrons. The van der Waals surface area contributed by atoms with Crippen LogP contribution >= 0.6 is 0 Å². The second-order valence-electron chi connectivity index (χ2n) is 17.5. The molecule has 1 aliphatic carbocycles. The number of benzene rings is 1. The zero-order valence-corrected chi connectivity index (χ0v) is 36.2. The predicted molar refractivity (Wildman–Crippen MR) is 217 cm³/mol. The number of aliphatic hydroxyl groups excluding tert-OH is 13. The Morgan fingerprint density at radius 3 is 1.55 bits per heavy atom. The van der Waals surface area contributed by atoms with Gasteiger partial charge in [-0.3, -0.25) is 0 Å². The summed E-state index contributed by atoms with van der Waals surface area (Å²) in [5.41, 5.74) is 2.76. The van der Waals surface area contributed by atoms with Gasteiger partial charge in [-0.05, 0) is 63.6 Å². The van der Waals surface area contributed by atoms with Crippen molar-refractivity contribution in [1.29, 1.82) is 0 Å². The first-order valence-corrected chi connectivity index (χ1v) is 21.7. The molecule has 1 aromatic rings. The molecule has 4 fully saturated rings. The van der Waals surface area contributed by atoms with Crippen LogP contribution < -0.4 is 9.47 Å². The summed E-state index contributed by atoms with van der Waals surface area (Å²) >= 11 is 0. The zero-order valence-electron chi connectivity index (χ0n) is 36.2. The van der Waals surface area contributed by atoms with E-state index in [0.717, 1.165) is 17.6 Å². The average Bonchev–Trinajstić information content (AvgIpc) is 3.26. The van der Waals surface area contributed by atoms with Crippen LogP contribution in [-0.4, -0.2) is 209 Å². The monoisotopic (exact) mass is 918 g/mol. The quantitative estimate of drug-likeness (QED) is 0.0766. The van der Waals surface area contributed by atoms with Crippen LogP contribution in [0.25, 0.3) is 0 Å². The van der Waals surface area contributed by atoms with Gasteiger partial charge in [-0.2, -0.15) is 0 Å². The Hall–Kier alpha value is -2.46. The minimum atomic E-state index is -1.90. The molecule has 0 saturated carbocycles. The zero-order chi connectivity index (χ0) is 46.9. The Kier molecular flexibility index (Phi) is 17.2. The number of rotatable bonds is 15. The second-order valence-corrected chi connectivity index (χ2v) is 17.5. The van der Waals surface area contributed by atoms with E-state index < -0.39 is 149 Å². The summed E-state index contributed by atoms with van der Waals surface area (Å²) in [5.74, 6) is -0.631. The largest absolute Gasteiger partial charge is 0.462 e.